The second-order valence-corrected chi connectivity index (χ2v) is 14.9. The zero-order chi connectivity index (χ0) is 36.7. The molecule has 2 aliphatic rings. The summed E-state index contributed by atoms with van der Waals surface area (Å²) in [5.41, 5.74) is 0.991. The SMILES string of the molecule is C[C@@H]1CCCCO[C@@H](CN(C)S(=O)(=O)c2ccc(F)cc2)[C@H](C)CN([C@@H](C)CO)C(=O)c2cc(NC(=O)Nc3ccc4c(c3)OCO4)ccc2O1. The number of rotatable bonds is 8. The summed E-state index contributed by atoms with van der Waals surface area (Å²) in [5.74, 6) is 0.0262. The van der Waals surface area contributed by atoms with Gasteiger partial charge in [0.15, 0.2) is 11.5 Å². The summed E-state index contributed by atoms with van der Waals surface area (Å²) in [6, 6.07) is 13.3. The van der Waals surface area contributed by atoms with E-state index in [1.54, 1.807) is 37.3 Å². The number of likely N-dealkylation sites (N-methyl/N-ethyl adjacent to an activating group) is 1. The zero-order valence-electron chi connectivity index (χ0n) is 29.1. The van der Waals surface area contributed by atoms with Crippen molar-refractivity contribution in [3.05, 3.63) is 72.0 Å². The molecule has 5 rings (SSSR count). The third kappa shape index (κ3) is 9.47. The van der Waals surface area contributed by atoms with Gasteiger partial charge in [-0.2, -0.15) is 4.31 Å². The number of ether oxygens (including phenoxy) is 4. The molecule has 0 radical (unpaired) electrons. The lowest BCUT2D eigenvalue weighted by atomic mass is 10.0. The highest BCUT2D eigenvalue weighted by molar-refractivity contribution is 7.89. The van der Waals surface area contributed by atoms with Gasteiger partial charge in [-0.25, -0.2) is 17.6 Å². The molecule has 4 atom stereocenters. The molecule has 276 valence electrons. The lowest BCUT2D eigenvalue weighted by Crippen LogP contribution is -2.48. The molecule has 0 aliphatic carbocycles. The van der Waals surface area contributed by atoms with E-state index in [4.69, 9.17) is 18.9 Å². The zero-order valence-corrected chi connectivity index (χ0v) is 30.0. The number of hydrogen-bond acceptors (Lipinski definition) is 9. The maximum atomic E-state index is 14.4. The normalized spacial score (nSPS) is 20.6. The van der Waals surface area contributed by atoms with Crippen LogP contribution >= 0.6 is 0 Å². The Morgan fingerprint density at radius 2 is 1.67 bits per heavy atom. The number of fused-ring (bicyclic) bond motifs is 2. The lowest BCUT2D eigenvalue weighted by molar-refractivity contribution is -0.00834. The molecule has 0 saturated carbocycles. The fourth-order valence-corrected chi connectivity index (χ4v) is 7.05. The van der Waals surface area contributed by atoms with E-state index in [2.05, 4.69) is 10.6 Å². The molecular weight excluding hydrogens is 683 g/mol. The number of hydrogen-bond donors (Lipinski definition) is 3. The van der Waals surface area contributed by atoms with E-state index in [0.29, 0.717) is 48.1 Å². The molecule has 2 heterocycles. The van der Waals surface area contributed by atoms with Crippen molar-refractivity contribution < 1.29 is 46.5 Å². The second-order valence-electron chi connectivity index (χ2n) is 12.9. The average Bonchev–Trinajstić information content (AvgIpc) is 3.57. The number of anilines is 2. The summed E-state index contributed by atoms with van der Waals surface area (Å²) in [5, 5.41) is 15.8. The molecule has 0 saturated heterocycles. The van der Waals surface area contributed by atoms with E-state index < -0.39 is 45.8 Å². The molecule has 0 spiro atoms. The third-order valence-corrected chi connectivity index (χ3v) is 10.7. The minimum Gasteiger partial charge on any atom is -0.490 e. The molecule has 51 heavy (non-hydrogen) atoms. The van der Waals surface area contributed by atoms with Gasteiger partial charge in [-0.15, -0.1) is 0 Å². The Kier molecular flexibility index (Phi) is 12.4. The fourth-order valence-electron chi connectivity index (χ4n) is 5.87. The Bertz CT molecular complexity index is 1790. The molecule has 3 aromatic carbocycles. The first-order chi connectivity index (χ1) is 24.3. The smallest absolute Gasteiger partial charge is 0.323 e. The number of nitrogens with zero attached hydrogens (tertiary/aromatic N) is 2. The predicted molar refractivity (Wildman–Crippen MR) is 188 cm³/mol. The Hall–Kier alpha value is -4.44. The Morgan fingerprint density at radius 1 is 1.00 bits per heavy atom. The van der Waals surface area contributed by atoms with Crippen LogP contribution in [0, 0.1) is 11.7 Å². The third-order valence-electron chi connectivity index (χ3n) is 8.90. The number of nitrogens with one attached hydrogen (secondary N) is 2. The number of aliphatic hydroxyl groups is 1. The topological polar surface area (TPSA) is 156 Å². The first-order valence-electron chi connectivity index (χ1n) is 16.9. The van der Waals surface area contributed by atoms with Crippen LogP contribution in [0.4, 0.5) is 20.6 Å². The summed E-state index contributed by atoms with van der Waals surface area (Å²) in [4.78, 5) is 28.8. The van der Waals surface area contributed by atoms with Crippen molar-refractivity contribution in [3.8, 4) is 17.2 Å². The molecule has 15 heteroatoms. The monoisotopic (exact) mass is 728 g/mol. The summed E-state index contributed by atoms with van der Waals surface area (Å²) in [6.45, 7) is 5.66. The number of carbonyl (C=O) groups excluding carboxylic acids is 2. The number of aliphatic hydroxyl groups excluding tert-OH is 1. The molecule has 3 N–H and O–H groups in total. The van der Waals surface area contributed by atoms with Crippen LogP contribution in [0.1, 0.15) is 50.4 Å². The number of benzene rings is 3. The summed E-state index contributed by atoms with van der Waals surface area (Å²) >= 11 is 0. The van der Waals surface area contributed by atoms with Gasteiger partial charge in [-0.1, -0.05) is 6.92 Å². The Labute approximate surface area is 297 Å². The largest absolute Gasteiger partial charge is 0.490 e. The van der Waals surface area contributed by atoms with Crippen molar-refractivity contribution in [2.75, 3.05) is 50.8 Å². The second kappa shape index (κ2) is 16.7. The first-order valence-corrected chi connectivity index (χ1v) is 18.3. The first kappa shape index (κ1) is 37.8. The van der Waals surface area contributed by atoms with E-state index >= 15 is 0 Å². The molecule has 0 unspecified atom stereocenters. The molecule has 3 amide bonds. The van der Waals surface area contributed by atoms with E-state index in [1.165, 1.54) is 34.5 Å². The molecule has 0 fully saturated rings. The minimum atomic E-state index is -3.97. The van der Waals surface area contributed by atoms with Gasteiger partial charge in [0.05, 0.1) is 35.3 Å². The summed E-state index contributed by atoms with van der Waals surface area (Å²) in [6.07, 6.45) is 1.20. The van der Waals surface area contributed by atoms with Crippen molar-refractivity contribution in [2.45, 2.75) is 63.2 Å². The van der Waals surface area contributed by atoms with Gasteiger partial charge in [0.1, 0.15) is 11.6 Å². The van der Waals surface area contributed by atoms with Crippen LogP contribution in [0.5, 0.6) is 17.2 Å². The van der Waals surface area contributed by atoms with Crippen LogP contribution in [0.25, 0.3) is 0 Å². The van der Waals surface area contributed by atoms with Gasteiger partial charge in [0.2, 0.25) is 16.8 Å². The fraction of sp³-hybridized carbons (Fsp3) is 0.444. The molecule has 0 bridgehead atoms. The summed E-state index contributed by atoms with van der Waals surface area (Å²) < 4.78 is 64.7. The van der Waals surface area contributed by atoms with Crippen molar-refractivity contribution in [3.63, 3.8) is 0 Å². The van der Waals surface area contributed by atoms with Crippen LogP contribution in [-0.2, 0) is 14.8 Å². The minimum absolute atomic E-state index is 0.0287. The average molecular weight is 729 g/mol. The van der Waals surface area contributed by atoms with Gasteiger partial charge in [-0.3, -0.25) is 4.79 Å². The van der Waals surface area contributed by atoms with Crippen LogP contribution in [-0.4, -0.2) is 93.1 Å². The van der Waals surface area contributed by atoms with E-state index in [-0.39, 0.29) is 43.1 Å². The predicted octanol–water partition coefficient (Wildman–Crippen LogP) is 5.31. The maximum Gasteiger partial charge on any atom is 0.323 e. The Morgan fingerprint density at radius 3 is 2.37 bits per heavy atom. The standard InChI is InChI=1S/C36H45FN4O9S/c1-23-19-41(24(2)21-42)35(43)30-17-27(38-36(44)39-28-11-15-32-33(18-28)49-22-48-32)10-14-31(30)50-25(3)7-5-6-16-47-34(23)20-40(4)51(45,46)29-12-8-26(37)9-13-29/h8-15,17-18,23-25,34,42H,5-7,16,19-22H2,1-4H3,(H2,38,39,44)/t23-,24+,25-,34+/m1/s1. The van der Waals surface area contributed by atoms with E-state index in [1.807, 2.05) is 13.8 Å². The quantitative estimate of drug-likeness (QED) is 0.280. The maximum absolute atomic E-state index is 14.4. The Balaban J connectivity index is 1.39. The van der Waals surface area contributed by atoms with Gasteiger partial charge in [0, 0.05) is 50.1 Å². The highest BCUT2D eigenvalue weighted by Crippen LogP contribution is 2.34. The van der Waals surface area contributed by atoms with Crippen LogP contribution in [0.3, 0.4) is 0 Å². The van der Waals surface area contributed by atoms with Gasteiger partial charge in [-0.05, 0) is 87.7 Å². The van der Waals surface area contributed by atoms with Gasteiger partial charge >= 0.3 is 6.03 Å². The summed E-state index contributed by atoms with van der Waals surface area (Å²) in [7, 11) is -2.54. The number of sulfonamides is 1. The van der Waals surface area contributed by atoms with Crippen LogP contribution in [0.15, 0.2) is 65.6 Å². The lowest BCUT2D eigenvalue weighted by Gasteiger charge is -2.35. The molecule has 13 nitrogen and oxygen atoms in total. The van der Waals surface area contributed by atoms with E-state index in [9.17, 15) is 27.5 Å². The van der Waals surface area contributed by atoms with Crippen molar-refractivity contribution in [2.24, 2.45) is 5.92 Å². The molecule has 2 aliphatic heterocycles. The van der Waals surface area contributed by atoms with Gasteiger partial charge < -0.3 is 39.6 Å². The van der Waals surface area contributed by atoms with Gasteiger partial charge in [0.25, 0.3) is 5.91 Å². The number of amides is 3. The molecule has 3 aromatic rings. The molecular formula is C36H45FN4O9S. The number of carbonyl (C=O) groups is 2. The van der Waals surface area contributed by atoms with Crippen molar-refractivity contribution >= 4 is 33.3 Å². The van der Waals surface area contributed by atoms with Crippen molar-refractivity contribution in [1.29, 1.82) is 0 Å². The highest BCUT2D eigenvalue weighted by Gasteiger charge is 2.32. The van der Waals surface area contributed by atoms with Crippen LogP contribution in [0.2, 0.25) is 0 Å². The highest BCUT2D eigenvalue weighted by atomic mass is 32.2. The molecule has 0 aromatic heterocycles. The number of urea groups is 1. The van der Waals surface area contributed by atoms with E-state index in [0.717, 1.165) is 18.6 Å². The number of halogens is 1. The van der Waals surface area contributed by atoms with Crippen LogP contribution < -0.4 is 24.8 Å². The van der Waals surface area contributed by atoms with Crippen molar-refractivity contribution in [1.82, 2.24) is 9.21 Å².